The van der Waals surface area contributed by atoms with Crippen molar-refractivity contribution in [2.75, 3.05) is 0 Å². The van der Waals surface area contributed by atoms with Crippen molar-refractivity contribution < 1.29 is 44.8 Å². The van der Waals surface area contributed by atoms with Gasteiger partial charge in [-0.2, -0.15) is 30.4 Å². The summed E-state index contributed by atoms with van der Waals surface area (Å²) in [7, 11) is -6.39. The van der Waals surface area contributed by atoms with Crippen LogP contribution in [0.2, 0.25) is 0 Å². The number of aliphatic hydroxyl groups is 1. The molecule has 2 saturated carbocycles. The molecule has 0 radical (unpaired) electrons. The van der Waals surface area contributed by atoms with Crippen molar-refractivity contribution in [3.8, 4) is 0 Å². The maximum atomic E-state index is 13.6. The van der Waals surface area contributed by atoms with E-state index in [1.165, 1.54) is 6.92 Å². The molecule has 2 fully saturated rings. The topological polar surface area (TPSA) is 83.8 Å². The zero-order valence-electron chi connectivity index (χ0n) is 13.5. The molecule has 2 rings (SSSR count). The number of ether oxygens (including phenoxy) is 1. The van der Waals surface area contributed by atoms with Gasteiger partial charge in [-0.25, -0.2) is 0 Å². The van der Waals surface area contributed by atoms with E-state index in [-0.39, 0.29) is 11.8 Å². The third kappa shape index (κ3) is 4.25. The molecule has 0 aliphatic heterocycles. The first-order valence-corrected chi connectivity index (χ1v) is 9.36. The van der Waals surface area contributed by atoms with Crippen molar-refractivity contribution in [3.63, 3.8) is 0 Å². The van der Waals surface area contributed by atoms with Gasteiger partial charge < -0.3 is 9.84 Å². The van der Waals surface area contributed by atoms with Gasteiger partial charge in [0.2, 0.25) is 6.10 Å². The van der Waals surface area contributed by atoms with Gasteiger partial charge >= 0.3 is 21.5 Å². The predicted octanol–water partition coefficient (Wildman–Crippen LogP) is 3.34. The molecule has 25 heavy (non-hydrogen) atoms. The van der Waals surface area contributed by atoms with Crippen LogP contribution < -0.4 is 0 Å². The Morgan fingerprint density at radius 1 is 1.12 bits per heavy atom. The molecular formula is C14H21F5O5S. The lowest BCUT2D eigenvalue weighted by molar-refractivity contribution is -0.322. The van der Waals surface area contributed by atoms with Crippen LogP contribution >= 0.6 is 0 Å². The summed E-state index contributed by atoms with van der Waals surface area (Å²) in [5.41, 5.74) is -1.20. The molecule has 0 saturated heterocycles. The van der Waals surface area contributed by atoms with Gasteiger partial charge in [-0.3, -0.25) is 4.55 Å². The molecule has 0 heterocycles. The van der Waals surface area contributed by atoms with E-state index >= 15 is 0 Å². The minimum atomic E-state index is -6.39. The second kappa shape index (κ2) is 6.58. The Labute approximate surface area is 142 Å². The first kappa shape index (κ1) is 20.8. The summed E-state index contributed by atoms with van der Waals surface area (Å²) in [6, 6.07) is 0. The third-order valence-electron chi connectivity index (χ3n) is 5.21. The number of hydrogen-bond donors (Lipinski definition) is 2. The second-order valence-electron chi connectivity index (χ2n) is 7.41. The summed E-state index contributed by atoms with van der Waals surface area (Å²) < 4.78 is 100.0. The largest absolute Gasteiger partial charge is 0.421 e. The predicted molar refractivity (Wildman–Crippen MR) is 76.2 cm³/mol. The van der Waals surface area contributed by atoms with E-state index < -0.39 is 39.4 Å². The normalized spacial score (nSPS) is 33.8. The van der Waals surface area contributed by atoms with E-state index in [0.717, 1.165) is 25.7 Å². The minimum Gasteiger partial charge on any atom is -0.367 e. The fourth-order valence-corrected chi connectivity index (χ4v) is 4.61. The molecule has 148 valence electrons. The van der Waals surface area contributed by atoms with Crippen molar-refractivity contribution in [1.29, 1.82) is 0 Å². The van der Waals surface area contributed by atoms with Gasteiger partial charge in [0.25, 0.3) is 0 Å². The van der Waals surface area contributed by atoms with Gasteiger partial charge in [-0.05, 0) is 31.1 Å². The van der Waals surface area contributed by atoms with Gasteiger partial charge in [-0.1, -0.05) is 26.2 Å². The second-order valence-corrected chi connectivity index (χ2v) is 8.90. The zero-order chi connectivity index (χ0) is 19.3. The van der Waals surface area contributed by atoms with Crippen molar-refractivity contribution in [2.45, 2.75) is 69.3 Å². The molecular weight excluding hydrogens is 375 g/mol. The third-order valence-corrected chi connectivity index (χ3v) is 6.11. The molecule has 0 spiro atoms. The average Bonchev–Trinajstić information content (AvgIpc) is 2.41. The van der Waals surface area contributed by atoms with Crippen LogP contribution in [0.1, 0.15) is 45.4 Å². The molecule has 0 aromatic heterocycles. The van der Waals surface area contributed by atoms with E-state index in [9.17, 15) is 35.5 Å². The van der Waals surface area contributed by atoms with E-state index in [2.05, 4.69) is 4.74 Å². The average molecular weight is 396 g/mol. The Balaban J connectivity index is 2.24. The summed E-state index contributed by atoms with van der Waals surface area (Å²) in [5, 5.41) is 4.49. The minimum absolute atomic E-state index is 0.155. The summed E-state index contributed by atoms with van der Waals surface area (Å²) >= 11 is 0. The van der Waals surface area contributed by atoms with Crippen molar-refractivity contribution in [2.24, 2.45) is 17.3 Å². The Kier molecular flexibility index (Phi) is 5.47. The zero-order valence-corrected chi connectivity index (χ0v) is 14.3. The fraction of sp³-hybridized carbons (Fsp3) is 1.00. The van der Waals surface area contributed by atoms with Crippen molar-refractivity contribution >= 4 is 10.1 Å². The Bertz CT molecular complexity index is 579. The lowest BCUT2D eigenvalue weighted by Gasteiger charge is -2.48. The smallest absolute Gasteiger partial charge is 0.367 e. The molecule has 5 nitrogen and oxygen atoms in total. The molecule has 0 amide bonds. The highest BCUT2D eigenvalue weighted by molar-refractivity contribution is 7.86. The summed E-state index contributed by atoms with van der Waals surface area (Å²) in [5.74, 6) is 0.310. The Hall–Kier alpha value is -0.520. The monoisotopic (exact) mass is 396 g/mol. The van der Waals surface area contributed by atoms with Gasteiger partial charge in [-0.15, -0.1) is 0 Å². The molecule has 0 aromatic carbocycles. The first-order valence-electron chi connectivity index (χ1n) is 7.92. The van der Waals surface area contributed by atoms with Crippen molar-refractivity contribution in [1.82, 2.24) is 0 Å². The highest BCUT2D eigenvalue weighted by Gasteiger charge is 2.65. The molecule has 11 heteroatoms. The van der Waals surface area contributed by atoms with Crippen LogP contribution in [0.15, 0.2) is 0 Å². The number of hydrogen-bond acceptors (Lipinski definition) is 4. The molecule has 2 N–H and O–H groups in total. The van der Waals surface area contributed by atoms with Crippen molar-refractivity contribution in [3.05, 3.63) is 0 Å². The Morgan fingerprint density at radius 3 is 2.00 bits per heavy atom. The molecule has 2 aliphatic rings. The molecule has 4 unspecified atom stereocenters. The van der Waals surface area contributed by atoms with Gasteiger partial charge in [0.1, 0.15) is 0 Å². The van der Waals surface area contributed by atoms with Crippen LogP contribution in [0.25, 0.3) is 0 Å². The lowest BCUT2D eigenvalue weighted by Crippen LogP contribution is -2.55. The van der Waals surface area contributed by atoms with E-state index in [4.69, 9.17) is 4.55 Å². The maximum absolute atomic E-state index is 13.6. The summed E-state index contributed by atoms with van der Waals surface area (Å²) in [6.07, 6.45) is -8.11. The highest BCUT2D eigenvalue weighted by Crippen LogP contribution is 2.51. The highest BCUT2D eigenvalue weighted by atomic mass is 32.2. The fourth-order valence-electron chi connectivity index (χ4n) is 4.15. The summed E-state index contributed by atoms with van der Waals surface area (Å²) in [6.45, 7) is 1.45. The van der Waals surface area contributed by atoms with Crippen LogP contribution in [0, 0.1) is 17.3 Å². The van der Waals surface area contributed by atoms with E-state index in [1.54, 1.807) is 0 Å². The molecule has 2 aliphatic carbocycles. The Morgan fingerprint density at radius 2 is 1.60 bits per heavy atom. The first-order chi connectivity index (χ1) is 11.2. The molecule has 0 aromatic rings. The maximum Gasteiger partial charge on any atom is 0.421 e. The number of alkyl halides is 5. The number of halogens is 5. The van der Waals surface area contributed by atoms with Crippen LogP contribution in [-0.2, 0) is 14.9 Å². The quantitative estimate of drug-likeness (QED) is 0.423. The van der Waals surface area contributed by atoms with E-state index in [0.29, 0.717) is 12.8 Å². The number of rotatable bonds is 5. The van der Waals surface area contributed by atoms with Gasteiger partial charge in [0.15, 0.2) is 6.29 Å². The number of fused-ring (bicyclic) bond motifs is 2. The summed E-state index contributed by atoms with van der Waals surface area (Å²) in [4.78, 5) is 0. The van der Waals surface area contributed by atoms with Crippen LogP contribution in [-0.4, -0.2) is 41.9 Å². The number of aliphatic hydroxyl groups excluding tert-OH is 1. The van der Waals surface area contributed by atoms with Crippen LogP contribution in [0.4, 0.5) is 22.0 Å². The van der Waals surface area contributed by atoms with Gasteiger partial charge in [0.05, 0.1) is 0 Å². The van der Waals surface area contributed by atoms with Crippen LogP contribution in [0.3, 0.4) is 0 Å². The lowest BCUT2D eigenvalue weighted by atomic mass is 9.61. The standard InChI is InChI=1S/C14H21F5O5S/c1-12(6-8-3-2-4-9(5-8)7-12)11(20)24-10(13(15,16)17)14(18,19)25(21,22)23/h8-11,20H,2-7H2,1H3,(H,21,22,23). The van der Waals surface area contributed by atoms with Crippen LogP contribution in [0.5, 0.6) is 0 Å². The SMILES string of the molecule is CC1(C(O)OC(C(F)(F)F)C(F)(F)S(=O)(=O)O)CC2CCCC(C2)C1. The van der Waals surface area contributed by atoms with Gasteiger partial charge in [0, 0.05) is 5.41 Å². The molecule has 2 bridgehead atoms. The molecule has 4 atom stereocenters. The van der Waals surface area contributed by atoms with E-state index in [1.807, 2.05) is 0 Å².